The van der Waals surface area contributed by atoms with Crippen LogP contribution in [0.4, 0.5) is 5.82 Å². The predicted molar refractivity (Wildman–Crippen MR) is 101 cm³/mol. The zero-order chi connectivity index (χ0) is 18.5. The molecule has 1 fully saturated rings. The monoisotopic (exact) mass is 374 g/mol. The minimum Gasteiger partial charge on any atom is -0.347 e. The first-order valence-electron chi connectivity index (χ1n) is 8.90. The van der Waals surface area contributed by atoms with E-state index < -0.39 is 0 Å². The third-order valence-electron chi connectivity index (χ3n) is 4.68. The number of benzene rings is 1. The summed E-state index contributed by atoms with van der Waals surface area (Å²) in [5, 5.41) is 10.5. The molecule has 138 valence electrons. The molecule has 1 heterocycles. The van der Waals surface area contributed by atoms with Crippen LogP contribution in [0.5, 0.6) is 0 Å². The smallest absolute Gasteiger partial charge is 0.272 e. The zero-order valence-corrected chi connectivity index (χ0v) is 15.6. The van der Waals surface area contributed by atoms with Gasteiger partial charge in [0.25, 0.3) is 5.91 Å². The standard InChI is InChI=1S/C19H23ClN4O2/c1-24-17(22-18(25)14-7-3-2-4-8-14)11-16(23-24)19(26)21-12-13-6-5-9-15(20)10-13/h5-6,9-11,14H,2-4,7-8,12H2,1H3,(H,21,26)(H,22,25). The van der Waals surface area contributed by atoms with E-state index in [4.69, 9.17) is 11.6 Å². The number of anilines is 1. The molecule has 1 aliphatic carbocycles. The number of carbonyl (C=O) groups is 2. The lowest BCUT2D eigenvalue weighted by Gasteiger charge is -2.20. The molecular formula is C19H23ClN4O2. The van der Waals surface area contributed by atoms with Crippen molar-refractivity contribution in [3.8, 4) is 0 Å². The van der Waals surface area contributed by atoms with Gasteiger partial charge in [-0.05, 0) is 30.5 Å². The Bertz CT molecular complexity index is 797. The number of nitrogens with one attached hydrogen (secondary N) is 2. The molecule has 7 heteroatoms. The number of aromatic nitrogens is 2. The van der Waals surface area contributed by atoms with Crippen LogP contribution in [0.2, 0.25) is 5.02 Å². The fourth-order valence-electron chi connectivity index (χ4n) is 3.21. The third-order valence-corrected chi connectivity index (χ3v) is 4.92. The molecule has 26 heavy (non-hydrogen) atoms. The zero-order valence-electron chi connectivity index (χ0n) is 14.8. The number of nitrogens with zero attached hydrogens (tertiary/aromatic N) is 2. The minimum absolute atomic E-state index is 0.0126. The molecular weight excluding hydrogens is 352 g/mol. The van der Waals surface area contributed by atoms with Gasteiger partial charge in [-0.25, -0.2) is 0 Å². The third kappa shape index (κ3) is 4.64. The number of halogens is 1. The summed E-state index contributed by atoms with van der Waals surface area (Å²) in [6.07, 6.45) is 5.25. The fraction of sp³-hybridized carbons (Fsp3) is 0.421. The molecule has 0 atom stereocenters. The second-order valence-electron chi connectivity index (χ2n) is 6.68. The van der Waals surface area contributed by atoms with E-state index in [-0.39, 0.29) is 23.4 Å². The Morgan fingerprint density at radius 3 is 2.73 bits per heavy atom. The van der Waals surface area contributed by atoms with Crippen LogP contribution in [0.1, 0.15) is 48.2 Å². The van der Waals surface area contributed by atoms with Crippen molar-refractivity contribution in [3.05, 3.63) is 46.6 Å². The van der Waals surface area contributed by atoms with Gasteiger partial charge in [0.05, 0.1) is 0 Å². The van der Waals surface area contributed by atoms with Crippen molar-refractivity contribution in [2.24, 2.45) is 13.0 Å². The number of rotatable bonds is 5. The lowest BCUT2D eigenvalue weighted by atomic mass is 9.89. The van der Waals surface area contributed by atoms with E-state index >= 15 is 0 Å². The Kier molecular flexibility index (Phi) is 5.93. The summed E-state index contributed by atoms with van der Waals surface area (Å²) in [7, 11) is 1.71. The van der Waals surface area contributed by atoms with Crippen molar-refractivity contribution in [2.45, 2.75) is 38.6 Å². The number of aryl methyl sites for hydroxylation is 1. The van der Waals surface area contributed by atoms with Crippen LogP contribution >= 0.6 is 11.6 Å². The number of carbonyl (C=O) groups excluding carboxylic acids is 2. The molecule has 1 aliphatic rings. The van der Waals surface area contributed by atoms with Crippen molar-refractivity contribution in [1.29, 1.82) is 0 Å². The Morgan fingerprint density at radius 2 is 2.00 bits per heavy atom. The van der Waals surface area contributed by atoms with E-state index in [1.807, 2.05) is 12.1 Å². The highest BCUT2D eigenvalue weighted by molar-refractivity contribution is 6.30. The molecule has 0 bridgehead atoms. The van der Waals surface area contributed by atoms with Crippen molar-refractivity contribution < 1.29 is 9.59 Å². The molecule has 0 saturated heterocycles. The van der Waals surface area contributed by atoms with Gasteiger partial charge in [-0.1, -0.05) is 43.0 Å². The summed E-state index contributed by atoms with van der Waals surface area (Å²) in [4.78, 5) is 24.7. The van der Waals surface area contributed by atoms with Crippen molar-refractivity contribution in [1.82, 2.24) is 15.1 Å². The first-order valence-corrected chi connectivity index (χ1v) is 9.28. The lowest BCUT2D eigenvalue weighted by Crippen LogP contribution is -2.25. The van der Waals surface area contributed by atoms with Crippen LogP contribution in [0.25, 0.3) is 0 Å². The summed E-state index contributed by atoms with van der Waals surface area (Å²) in [6, 6.07) is 8.92. The van der Waals surface area contributed by atoms with Gasteiger partial charge in [-0.2, -0.15) is 5.10 Å². The van der Waals surface area contributed by atoms with E-state index in [0.29, 0.717) is 17.4 Å². The largest absolute Gasteiger partial charge is 0.347 e. The maximum atomic E-state index is 12.4. The molecule has 6 nitrogen and oxygen atoms in total. The summed E-state index contributed by atoms with van der Waals surface area (Å²) >= 11 is 5.95. The van der Waals surface area contributed by atoms with E-state index in [1.165, 1.54) is 11.1 Å². The quantitative estimate of drug-likeness (QED) is 0.840. The maximum absolute atomic E-state index is 12.4. The van der Waals surface area contributed by atoms with Gasteiger partial charge in [0.15, 0.2) is 5.69 Å². The average molecular weight is 375 g/mol. The Hall–Kier alpha value is -2.34. The Morgan fingerprint density at radius 1 is 1.23 bits per heavy atom. The van der Waals surface area contributed by atoms with Crippen LogP contribution < -0.4 is 10.6 Å². The first-order chi connectivity index (χ1) is 12.5. The van der Waals surface area contributed by atoms with Gasteiger partial charge >= 0.3 is 0 Å². The molecule has 2 N–H and O–H groups in total. The van der Waals surface area contributed by atoms with Gasteiger partial charge in [0, 0.05) is 30.6 Å². The van der Waals surface area contributed by atoms with Crippen molar-refractivity contribution in [3.63, 3.8) is 0 Å². The Labute approximate surface area is 157 Å². The normalized spacial score (nSPS) is 14.8. The first kappa shape index (κ1) is 18.5. The van der Waals surface area contributed by atoms with Crippen LogP contribution in [0.15, 0.2) is 30.3 Å². The molecule has 2 amide bonds. The second kappa shape index (κ2) is 8.36. The average Bonchev–Trinajstić information content (AvgIpc) is 3.01. The number of hydrogen-bond acceptors (Lipinski definition) is 3. The fourth-order valence-corrected chi connectivity index (χ4v) is 3.42. The van der Waals surface area contributed by atoms with Crippen LogP contribution in [0.3, 0.4) is 0 Å². The molecule has 1 saturated carbocycles. The number of hydrogen-bond donors (Lipinski definition) is 2. The van der Waals surface area contributed by atoms with Gasteiger partial charge in [0.1, 0.15) is 5.82 Å². The molecule has 2 aromatic rings. The molecule has 1 aromatic carbocycles. The highest BCUT2D eigenvalue weighted by Gasteiger charge is 2.22. The molecule has 0 spiro atoms. The topological polar surface area (TPSA) is 76.0 Å². The molecule has 0 aliphatic heterocycles. The molecule has 3 rings (SSSR count). The number of amides is 2. The van der Waals surface area contributed by atoms with Gasteiger partial charge < -0.3 is 10.6 Å². The summed E-state index contributed by atoms with van der Waals surface area (Å²) in [5.74, 6) is 0.310. The van der Waals surface area contributed by atoms with E-state index in [2.05, 4.69) is 15.7 Å². The van der Waals surface area contributed by atoms with E-state index in [9.17, 15) is 9.59 Å². The van der Waals surface area contributed by atoms with Gasteiger partial charge in [-0.15, -0.1) is 0 Å². The SMILES string of the molecule is Cn1nc(C(=O)NCc2cccc(Cl)c2)cc1NC(=O)C1CCCCC1. The summed E-state index contributed by atoms with van der Waals surface area (Å²) < 4.78 is 1.52. The lowest BCUT2D eigenvalue weighted by molar-refractivity contribution is -0.120. The van der Waals surface area contributed by atoms with Gasteiger partial charge in [0.2, 0.25) is 5.91 Å². The highest BCUT2D eigenvalue weighted by Crippen LogP contribution is 2.25. The molecule has 0 unspecified atom stereocenters. The van der Waals surface area contributed by atoms with Crippen molar-refractivity contribution >= 4 is 29.2 Å². The summed E-state index contributed by atoms with van der Waals surface area (Å²) in [6.45, 7) is 0.361. The van der Waals surface area contributed by atoms with E-state index in [1.54, 1.807) is 25.2 Å². The Balaban J connectivity index is 1.59. The van der Waals surface area contributed by atoms with Crippen LogP contribution in [-0.4, -0.2) is 21.6 Å². The second-order valence-corrected chi connectivity index (χ2v) is 7.11. The molecule has 1 aromatic heterocycles. The maximum Gasteiger partial charge on any atom is 0.272 e. The minimum atomic E-state index is -0.293. The van der Waals surface area contributed by atoms with Gasteiger partial charge in [-0.3, -0.25) is 14.3 Å². The highest BCUT2D eigenvalue weighted by atomic mass is 35.5. The van der Waals surface area contributed by atoms with Crippen LogP contribution in [-0.2, 0) is 18.4 Å². The van der Waals surface area contributed by atoms with E-state index in [0.717, 1.165) is 31.2 Å². The van der Waals surface area contributed by atoms with Crippen LogP contribution in [0, 0.1) is 5.92 Å². The predicted octanol–water partition coefficient (Wildman–Crippen LogP) is 3.52. The van der Waals surface area contributed by atoms with Crippen molar-refractivity contribution in [2.75, 3.05) is 5.32 Å². The summed E-state index contributed by atoms with van der Waals surface area (Å²) in [5.41, 5.74) is 1.18. The molecule has 0 radical (unpaired) electrons.